The van der Waals surface area contributed by atoms with Crippen LogP contribution in [0.5, 0.6) is 0 Å². The zero-order valence-electron chi connectivity index (χ0n) is 8.90. The zero-order chi connectivity index (χ0) is 12.4. The number of aromatic nitrogens is 3. The van der Waals surface area contributed by atoms with E-state index in [9.17, 15) is 14.9 Å². The van der Waals surface area contributed by atoms with Crippen LogP contribution in [0.25, 0.3) is 5.69 Å². The first-order valence-corrected chi connectivity index (χ1v) is 4.76. The van der Waals surface area contributed by atoms with E-state index in [1.54, 1.807) is 6.07 Å². The van der Waals surface area contributed by atoms with Crippen LogP contribution in [0.2, 0.25) is 0 Å². The summed E-state index contributed by atoms with van der Waals surface area (Å²) in [4.78, 5) is 21.4. The van der Waals surface area contributed by atoms with Gasteiger partial charge in [0.15, 0.2) is 5.78 Å². The minimum absolute atomic E-state index is 0.0625. The van der Waals surface area contributed by atoms with Crippen LogP contribution in [-0.2, 0) is 0 Å². The molecule has 0 aliphatic rings. The van der Waals surface area contributed by atoms with E-state index in [1.165, 1.54) is 36.0 Å². The number of carbonyl (C=O) groups is 1. The Bertz CT molecular complexity index is 591. The van der Waals surface area contributed by atoms with Crippen molar-refractivity contribution >= 4 is 11.5 Å². The van der Waals surface area contributed by atoms with Gasteiger partial charge in [0.1, 0.15) is 5.69 Å². The summed E-state index contributed by atoms with van der Waals surface area (Å²) < 4.78 is 1.27. The van der Waals surface area contributed by atoms with Crippen molar-refractivity contribution in [1.29, 1.82) is 0 Å². The zero-order valence-corrected chi connectivity index (χ0v) is 8.90. The van der Waals surface area contributed by atoms with Gasteiger partial charge in [-0.3, -0.25) is 14.9 Å². The van der Waals surface area contributed by atoms with Crippen molar-refractivity contribution in [2.24, 2.45) is 0 Å². The molecular weight excluding hydrogens is 224 g/mol. The summed E-state index contributed by atoms with van der Waals surface area (Å²) in [5.74, 6) is -0.207. The van der Waals surface area contributed by atoms with E-state index in [0.717, 1.165) is 0 Å². The molecule has 0 aliphatic heterocycles. The number of nitro benzene ring substituents is 1. The monoisotopic (exact) mass is 232 g/mol. The highest BCUT2D eigenvalue weighted by atomic mass is 16.6. The minimum atomic E-state index is -0.506. The Hall–Kier alpha value is -2.57. The number of non-ortho nitro benzene ring substituents is 1. The SMILES string of the molecule is CC(=O)c1cnnn1-c1cccc([N+](=O)[O-])c1. The Morgan fingerprint density at radius 2 is 2.24 bits per heavy atom. The number of ketones is 1. The molecule has 0 amide bonds. The Morgan fingerprint density at radius 1 is 1.47 bits per heavy atom. The molecule has 1 heterocycles. The third-order valence-corrected chi connectivity index (χ3v) is 2.20. The van der Waals surface area contributed by atoms with Gasteiger partial charge in [-0.05, 0) is 6.07 Å². The maximum atomic E-state index is 11.3. The summed E-state index contributed by atoms with van der Waals surface area (Å²) in [5, 5.41) is 18.0. The van der Waals surface area contributed by atoms with E-state index in [-0.39, 0.29) is 17.2 Å². The third kappa shape index (κ3) is 2.03. The first kappa shape index (κ1) is 10.9. The van der Waals surface area contributed by atoms with Gasteiger partial charge < -0.3 is 0 Å². The maximum Gasteiger partial charge on any atom is 0.271 e. The Kier molecular flexibility index (Phi) is 2.65. The first-order chi connectivity index (χ1) is 8.09. The number of hydrogen-bond donors (Lipinski definition) is 0. The van der Waals surface area contributed by atoms with Crippen LogP contribution < -0.4 is 0 Å². The Morgan fingerprint density at radius 3 is 2.88 bits per heavy atom. The highest BCUT2D eigenvalue weighted by molar-refractivity contribution is 5.92. The van der Waals surface area contributed by atoms with Crippen molar-refractivity contribution in [3.05, 3.63) is 46.3 Å². The number of carbonyl (C=O) groups excluding carboxylic acids is 1. The Balaban J connectivity index is 2.53. The summed E-state index contributed by atoms with van der Waals surface area (Å²) in [6.45, 7) is 1.38. The van der Waals surface area contributed by atoms with Gasteiger partial charge in [-0.1, -0.05) is 11.3 Å². The number of nitrogens with zero attached hydrogens (tertiary/aromatic N) is 4. The molecule has 2 aromatic rings. The molecule has 2 rings (SSSR count). The van der Waals surface area contributed by atoms with Crippen molar-refractivity contribution in [3.63, 3.8) is 0 Å². The third-order valence-electron chi connectivity index (χ3n) is 2.20. The van der Waals surface area contributed by atoms with E-state index in [2.05, 4.69) is 10.3 Å². The molecule has 0 unspecified atom stereocenters. The van der Waals surface area contributed by atoms with E-state index in [4.69, 9.17) is 0 Å². The fourth-order valence-corrected chi connectivity index (χ4v) is 1.40. The second-order valence-corrected chi connectivity index (χ2v) is 3.36. The molecule has 0 N–H and O–H groups in total. The molecule has 0 saturated carbocycles. The molecule has 0 fully saturated rings. The van der Waals surface area contributed by atoms with Gasteiger partial charge in [0.25, 0.3) is 5.69 Å². The summed E-state index contributed by atoms with van der Waals surface area (Å²) in [7, 11) is 0. The van der Waals surface area contributed by atoms with Gasteiger partial charge in [-0.15, -0.1) is 5.10 Å². The predicted molar refractivity (Wildman–Crippen MR) is 58.0 cm³/mol. The highest BCUT2D eigenvalue weighted by Gasteiger charge is 2.13. The fraction of sp³-hybridized carbons (Fsp3) is 0.100. The van der Waals surface area contributed by atoms with Gasteiger partial charge in [0, 0.05) is 19.1 Å². The molecule has 1 aromatic heterocycles. The number of nitro groups is 1. The van der Waals surface area contributed by atoms with Crippen LogP contribution >= 0.6 is 0 Å². The molecule has 0 bridgehead atoms. The highest BCUT2D eigenvalue weighted by Crippen LogP contribution is 2.17. The molecule has 0 atom stereocenters. The van der Waals surface area contributed by atoms with Crippen LogP contribution in [0, 0.1) is 10.1 Å². The second-order valence-electron chi connectivity index (χ2n) is 3.36. The van der Waals surface area contributed by atoms with Crippen molar-refractivity contribution in [3.8, 4) is 5.69 Å². The lowest BCUT2D eigenvalue weighted by Gasteiger charge is -2.02. The average molecular weight is 232 g/mol. The van der Waals surface area contributed by atoms with Gasteiger partial charge in [-0.25, -0.2) is 4.68 Å². The number of hydrogen-bond acceptors (Lipinski definition) is 5. The van der Waals surface area contributed by atoms with E-state index < -0.39 is 4.92 Å². The number of rotatable bonds is 3. The molecular formula is C10H8N4O3. The lowest BCUT2D eigenvalue weighted by molar-refractivity contribution is -0.384. The Labute approximate surface area is 95.8 Å². The molecule has 0 saturated heterocycles. The summed E-state index contributed by atoms with van der Waals surface area (Å²) >= 11 is 0. The topological polar surface area (TPSA) is 90.9 Å². The molecule has 17 heavy (non-hydrogen) atoms. The normalized spacial score (nSPS) is 10.2. The molecule has 0 spiro atoms. The van der Waals surface area contributed by atoms with Gasteiger partial charge in [0.05, 0.1) is 16.8 Å². The molecule has 86 valence electrons. The quantitative estimate of drug-likeness (QED) is 0.453. The lowest BCUT2D eigenvalue weighted by atomic mass is 10.2. The van der Waals surface area contributed by atoms with Gasteiger partial charge in [-0.2, -0.15) is 0 Å². The molecule has 0 aliphatic carbocycles. The van der Waals surface area contributed by atoms with Crippen molar-refractivity contribution in [2.75, 3.05) is 0 Å². The standard InChI is InChI=1S/C10H8N4O3/c1-7(15)10-6-11-12-13(10)8-3-2-4-9(5-8)14(16)17/h2-6H,1H3. The lowest BCUT2D eigenvalue weighted by Crippen LogP contribution is -2.06. The molecule has 7 nitrogen and oxygen atoms in total. The molecule has 0 radical (unpaired) electrons. The fourth-order valence-electron chi connectivity index (χ4n) is 1.40. The van der Waals surface area contributed by atoms with Crippen LogP contribution in [0.15, 0.2) is 30.5 Å². The molecule has 7 heteroatoms. The van der Waals surface area contributed by atoms with Gasteiger partial charge >= 0.3 is 0 Å². The number of Topliss-reactive ketones (excluding diaryl/α,β-unsaturated/α-hetero) is 1. The van der Waals surface area contributed by atoms with Crippen molar-refractivity contribution in [1.82, 2.24) is 15.0 Å². The summed E-state index contributed by atoms with van der Waals surface area (Å²) in [5.41, 5.74) is 0.653. The van der Waals surface area contributed by atoms with Crippen molar-refractivity contribution in [2.45, 2.75) is 6.92 Å². The predicted octanol–water partition coefficient (Wildman–Crippen LogP) is 1.38. The minimum Gasteiger partial charge on any atom is -0.293 e. The maximum absolute atomic E-state index is 11.3. The van der Waals surface area contributed by atoms with E-state index >= 15 is 0 Å². The largest absolute Gasteiger partial charge is 0.293 e. The summed E-state index contributed by atoms with van der Waals surface area (Å²) in [6.07, 6.45) is 1.32. The van der Waals surface area contributed by atoms with Crippen LogP contribution in [0.4, 0.5) is 5.69 Å². The summed E-state index contributed by atoms with van der Waals surface area (Å²) in [6, 6.07) is 5.85. The first-order valence-electron chi connectivity index (χ1n) is 4.76. The smallest absolute Gasteiger partial charge is 0.271 e. The van der Waals surface area contributed by atoms with Crippen LogP contribution in [0.1, 0.15) is 17.4 Å². The van der Waals surface area contributed by atoms with E-state index in [1.807, 2.05) is 0 Å². The van der Waals surface area contributed by atoms with Gasteiger partial charge in [0.2, 0.25) is 0 Å². The second kappa shape index (κ2) is 4.12. The van der Waals surface area contributed by atoms with Crippen molar-refractivity contribution < 1.29 is 9.72 Å². The number of benzene rings is 1. The average Bonchev–Trinajstić information content (AvgIpc) is 2.78. The molecule has 1 aromatic carbocycles. The van der Waals surface area contributed by atoms with Crippen LogP contribution in [0.3, 0.4) is 0 Å². The van der Waals surface area contributed by atoms with E-state index in [0.29, 0.717) is 5.69 Å². The van der Waals surface area contributed by atoms with Crippen LogP contribution in [-0.4, -0.2) is 25.7 Å².